The zero-order chi connectivity index (χ0) is 10.2. The largest absolute Gasteiger partial charge is 0.330 e. The Balaban J connectivity index is 2.40. The molecule has 3 nitrogen and oxygen atoms in total. The first-order valence-electron chi connectivity index (χ1n) is 5.18. The maximum atomic E-state index is 5.49. The van der Waals surface area contributed by atoms with Crippen molar-refractivity contribution in [2.45, 2.75) is 19.9 Å². The minimum Gasteiger partial charge on any atom is -0.330 e. The van der Waals surface area contributed by atoms with Crippen LogP contribution in [0.25, 0.3) is 0 Å². The predicted octanol–water partition coefficient (Wildman–Crippen LogP) is 1.25. The molecule has 0 fully saturated rings. The molecule has 1 aromatic rings. The molecule has 3 heteroatoms. The minimum absolute atomic E-state index is 0.771. The summed E-state index contributed by atoms with van der Waals surface area (Å²) in [5, 5.41) is 0. The molecule has 0 spiro atoms. The lowest BCUT2D eigenvalue weighted by Crippen LogP contribution is -2.25. The van der Waals surface area contributed by atoms with Gasteiger partial charge in [-0.2, -0.15) is 0 Å². The Morgan fingerprint density at radius 3 is 2.64 bits per heavy atom. The van der Waals surface area contributed by atoms with E-state index in [-0.39, 0.29) is 0 Å². The van der Waals surface area contributed by atoms with Gasteiger partial charge in [-0.15, -0.1) is 0 Å². The molecule has 0 saturated carbocycles. The molecule has 0 radical (unpaired) electrons. The van der Waals surface area contributed by atoms with Gasteiger partial charge in [0.2, 0.25) is 0 Å². The third kappa shape index (κ3) is 3.85. The summed E-state index contributed by atoms with van der Waals surface area (Å²) in [7, 11) is 0. The maximum absolute atomic E-state index is 5.49. The highest BCUT2D eigenvalue weighted by Crippen LogP contribution is 2.02. The van der Waals surface area contributed by atoms with Crippen molar-refractivity contribution >= 4 is 0 Å². The van der Waals surface area contributed by atoms with Gasteiger partial charge >= 0.3 is 0 Å². The fourth-order valence-electron chi connectivity index (χ4n) is 1.41. The number of hydrogen-bond acceptors (Lipinski definition) is 3. The van der Waals surface area contributed by atoms with Crippen molar-refractivity contribution in [2.75, 3.05) is 19.6 Å². The summed E-state index contributed by atoms with van der Waals surface area (Å²) in [6, 6.07) is 4.12. The van der Waals surface area contributed by atoms with Crippen LogP contribution >= 0.6 is 0 Å². The Hall–Kier alpha value is -0.930. The summed E-state index contributed by atoms with van der Waals surface area (Å²) in [5.74, 6) is 0. The lowest BCUT2D eigenvalue weighted by Gasteiger charge is -2.19. The Bertz CT molecular complexity index is 236. The summed E-state index contributed by atoms with van der Waals surface area (Å²) >= 11 is 0. The molecule has 0 bridgehead atoms. The molecular formula is C11H19N3. The van der Waals surface area contributed by atoms with Crippen LogP contribution in [0.1, 0.15) is 18.9 Å². The van der Waals surface area contributed by atoms with Crippen LogP contribution in [0.3, 0.4) is 0 Å². The third-order valence-electron chi connectivity index (χ3n) is 2.28. The van der Waals surface area contributed by atoms with Gasteiger partial charge in [0.1, 0.15) is 0 Å². The first kappa shape index (κ1) is 11.1. The first-order valence-corrected chi connectivity index (χ1v) is 5.18. The second-order valence-corrected chi connectivity index (χ2v) is 3.37. The molecule has 1 rings (SSSR count). The topological polar surface area (TPSA) is 42.1 Å². The van der Waals surface area contributed by atoms with E-state index in [1.807, 2.05) is 12.4 Å². The smallest absolute Gasteiger partial charge is 0.0271 e. The van der Waals surface area contributed by atoms with E-state index in [4.69, 9.17) is 5.73 Å². The number of nitrogens with two attached hydrogens (primary N) is 1. The van der Waals surface area contributed by atoms with Gasteiger partial charge in [-0.3, -0.25) is 9.88 Å². The highest BCUT2D eigenvalue weighted by molar-refractivity contribution is 5.09. The summed E-state index contributed by atoms with van der Waals surface area (Å²) in [6.07, 6.45) is 4.75. The molecular weight excluding hydrogens is 174 g/mol. The van der Waals surface area contributed by atoms with E-state index in [1.165, 1.54) is 5.56 Å². The highest BCUT2D eigenvalue weighted by Gasteiger charge is 2.01. The van der Waals surface area contributed by atoms with Crippen molar-refractivity contribution in [3.63, 3.8) is 0 Å². The Morgan fingerprint density at radius 1 is 1.36 bits per heavy atom. The molecule has 0 aliphatic rings. The van der Waals surface area contributed by atoms with E-state index in [1.54, 1.807) is 0 Å². The zero-order valence-electron chi connectivity index (χ0n) is 8.82. The van der Waals surface area contributed by atoms with Gasteiger partial charge in [-0.25, -0.2) is 0 Å². The number of aromatic nitrogens is 1. The maximum Gasteiger partial charge on any atom is 0.0271 e. The van der Waals surface area contributed by atoms with Gasteiger partial charge in [0, 0.05) is 18.9 Å². The lowest BCUT2D eigenvalue weighted by atomic mass is 10.2. The molecule has 0 amide bonds. The fraction of sp³-hybridized carbons (Fsp3) is 0.545. The molecule has 0 aromatic carbocycles. The molecule has 0 atom stereocenters. The van der Waals surface area contributed by atoms with Crippen LogP contribution in [-0.2, 0) is 6.54 Å². The van der Waals surface area contributed by atoms with E-state index in [2.05, 4.69) is 28.9 Å². The average Bonchev–Trinajstić information content (AvgIpc) is 2.25. The van der Waals surface area contributed by atoms with E-state index in [9.17, 15) is 0 Å². The van der Waals surface area contributed by atoms with Gasteiger partial charge in [0.15, 0.2) is 0 Å². The standard InChI is InChI=1S/C11H19N3/c1-2-14(9-3-6-12)10-11-4-7-13-8-5-11/h4-5,7-8H,2-3,6,9-10,12H2,1H3. The van der Waals surface area contributed by atoms with Crippen molar-refractivity contribution < 1.29 is 0 Å². The molecule has 1 heterocycles. The van der Waals surface area contributed by atoms with Crippen LogP contribution in [0, 0.1) is 0 Å². The van der Waals surface area contributed by atoms with E-state index in [0.717, 1.165) is 32.6 Å². The second-order valence-electron chi connectivity index (χ2n) is 3.37. The zero-order valence-corrected chi connectivity index (χ0v) is 8.82. The summed E-state index contributed by atoms with van der Waals surface area (Å²) < 4.78 is 0. The Labute approximate surface area is 85.9 Å². The van der Waals surface area contributed by atoms with Gasteiger partial charge < -0.3 is 5.73 Å². The van der Waals surface area contributed by atoms with Crippen LogP contribution in [-0.4, -0.2) is 29.5 Å². The van der Waals surface area contributed by atoms with Gasteiger partial charge in [0.25, 0.3) is 0 Å². The molecule has 14 heavy (non-hydrogen) atoms. The van der Waals surface area contributed by atoms with Crippen molar-refractivity contribution in [3.05, 3.63) is 30.1 Å². The number of pyridine rings is 1. The average molecular weight is 193 g/mol. The Kier molecular flexibility index (Phi) is 5.19. The van der Waals surface area contributed by atoms with Crippen LogP contribution in [0.5, 0.6) is 0 Å². The normalized spacial score (nSPS) is 10.8. The monoisotopic (exact) mass is 193 g/mol. The van der Waals surface area contributed by atoms with E-state index in [0.29, 0.717) is 0 Å². The van der Waals surface area contributed by atoms with Gasteiger partial charge in [0.05, 0.1) is 0 Å². The van der Waals surface area contributed by atoms with Crippen LogP contribution in [0.15, 0.2) is 24.5 Å². The number of nitrogens with zero attached hydrogens (tertiary/aromatic N) is 2. The molecule has 0 aliphatic carbocycles. The molecule has 0 saturated heterocycles. The van der Waals surface area contributed by atoms with Crippen LogP contribution < -0.4 is 5.73 Å². The highest BCUT2D eigenvalue weighted by atomic mass is 15.1. The SMILES string of the molecule is CCN(CCCN)Cc1ccncc1. The predicted molar refractivity (Wildman–Crippen MR) is 58.9 cm³/mol. The number of hydrogen-bond donors (Lipinski definition) is 1. The fourth-order valence-corrected chi connectivity index (χ4v) is 1.41. The lowest BCUT2D eigenvalue weighted by molar-refractivity contribution is 0.278. The van der Waals surface area contributed by atoms with Crippen molar-refractivity contribution in [2.24, 2.45) is 5.73 Å². The molecule has 0 unspecified atom stereocenters. The summed E-state index contributed by atoms with van der Waals surface area (Å²) in [6.45, 7) is 6.10. The van der Waals surface area contributed by atoms with Gasteiger partial charge in [-0.1, -0.05) is 6.92 Å². The van der Waals surface area contributed by atoms with Crippen molar-refractivity contribution in [3.8, 4) is 0 Å². The van der Waals surface area contributed by atoms with Gasteiger partial charge in [-0.05, 0) is 43.8 Å². The molecule has 0 aliphatic heterocycles. The number of rotatable bonds is 6. The van der Waals surface area contributed by atoms with Crippen molar-refractivity contribution in [1.82, 2.24) is 9.88 Å². The molecule has 78 valence electrons. The van der Waals surface area contributed by atoms with E-state index < -0.39 is 0 Å². The van der Waals surface area contributed by atoms with Crippen molar-refractivity contribution in [1.29, 1.82) is 0 Å². The first-order chi connectivity index (χ1) is 6.86. The quantitative estimate of drug-likeness (QED) is 0.739. The second kappa shape index (κ2) is 6.51. The minimum atomic E-state index is 0.771. The van der Waals surface area contributed by atoms with E-state index >= 15 is 0 Å². The summed E-state index contributed by atoms with van der Waals surface area (Å²) in [4.78, 5) is 6.39. The van der Waals surface area contributed by atoms with Crippen LogP contribution in [0.4, 0.5) is 0 Å². The Morgan fingerprint density at radius 2 is 2.07 bits per heavy atom. The molecule has 1 aromatic heterocycles. The van der Waals surface area contributed by atoms with Crippen LogP contribution in [0.2, 0.25) is 0 Å². The third-order valence-corrected chi connectivity index (χ3v) is 2.28. The molecule has 2 N–H and O–H groups in total. The summed E-state index contributed by atoms with van der Waals surface area (Å²) in [5.41, 5.74) is 6.81.